The second kappa shape index (κ2) is 9.13. The summed E-state index contributed by atoms with van der Waals surface area (Å²) in [6, 6.07) is 17.9. The van der Waals surface area contributed by atoms with Crippen LogP contribution in [0.2, 0.25) is 0 Å². The highest BCUT2D eigenvalue weighted by Gasteiger charge is 2.26. The number of pyridine rings is 1. The summed E-state index contributed by atoms with van der Waals surface area (Å²) < 4.78 is 31.9. The molecule has 0 saturated carbocycles. The SMILES string of the molecule is O=C(CSc1ccc2ccccc2n1)Nc1ccc(S(=O)(=O)N2CCOCC2)cc1. The summed E-state index contributed by atoms with van der Waals surface area (Å²) in [6.45, 7) is 1.50. The number of sulfonamides is 1. The lowest BCUT2D eigenvalue weighted by Gasteiger charge is -2.26. The Labute approximate surface area is 179 Å². The molecule has 0 unspecified atom stereocenters. The molecular weight excluding hydrogens is 422 g/mol. The topological polar surface area (TPSA) is 88.6 Å². The summed E-state index contributed by atoms with van der Waals surface area (Å²) in [6.07, 6.45) is 0. The van der Waals surface area contributed by atoms with Crippen LogP contribution in [0.5, 0.6) is 0 Å². The molecule has 1 aromatic heterocycles. The van der Waals surface area contributed by atoms with Gasteiger partial charge in [0.15, 0.2) is 0 Å². The molecule has 0 bridgehead atoms. The molecule has 7 nitrogen and oxygen atoms in total. The summed E-state index contributed by atoms with van der Waals surface area (Å²) in [4.78, 5) is 17.0. The third-order valence-corrected chi connectivity index (χ3v) is 7.51. The second-order valence-electron chi connectivity index (χ2n) is 6.72. The van der Waals surface area contributed by atoms with E-state index in [-0.39, 0.29) is 16.6 Å². The fourth-order valence-corrected chi connectivity index (χ4v) is 5.20. The average Bonchev–Trinajstić information content (AvgIpc) is 2.78. The summed E-state index contributed by atoms with van der Waals surface area (Å²) in [5, 5.41) is 4.62. The standard InChI is InChI=1S/C21H21N3O4S2/c25-20(15-29-21-10-5-16-3-1-2-4-19(16)23-21)22-17-6-8-18(9-7-17)30(26,27)24-11-13-28-14-12-24/h1-10H,11-15H2,(H,22,25). The van der Waals surface area contributed by atoms with Gasteiger partial charge in [0, 0.05) is 24.2 Å². The van der Waals surface area contributed by atoms with Crippen molar-refractivity contribution < 1.29 is 17.9 Å². The fourth-order valence-electron chi connectivity index (χ4n) is 3.11. The minimum absolute atomic E-state index is 0.182. The number of amides is 1. The number of fused-ring (bicyclic) bond motifs is 1. The van der Waals surface area contributed by atoms with Crippen molar-refractivity contribution in [1.29, 1.82) is 0 Å². The first kappa shape index (κ1) is 20.8. The van der Waals surface area contributed by atoms with Crippen LogP contribution >= 0.6 is 11.8 Å². The van der Waals surface area contributed by atoms with Gasteiger partial charge in [-0.15, -0.1) is 0 Å². The monoisotopic (exact) mass is 443 g/mol. The highest BCUT2D eigenvalue weighted by molar-refractivity contribution is 7.99. The average molecular weight is 444 g/mol. The van der Waals surface area contributed by atoms with Crippen molar-refractivity contribution in [2.45, 2.75) is 9.92 Å². The Balaban J connectivity index is 1.35. The maximum absolute atomic E-state index is 12.6. The van der Waals surface area contributed by atoms with Gasteiger partial charge in [-0.05, 0) is 36.4 Å². The molecular formula is C21H21N3O4S2. The number of benzene rings is 2. The van der Waals surface area contributed by atoms with Crippen molar-refractivity contribution in [3.8, 4) is 0 Å². The predicted octanol–water partition coefficient (Wildman–Crippen LogP) is 2.99. The molecule has 0 atom stereocenters. The van der Waals surface area contributed by atoms with Crippen molar-refractivity contribution in [3.05, 3.63) is 60.7 Å². The first-order chi connectivity index (χ1) is 14.5. The van der Waals surface area contributed by atoms with E-state index >= 15 is 0 Å². The van der Waals surface area contributed by atoms with Crippen molar-refractivity contribution in [2.75, 3.05) is 37.4 Å². The van der Waals surface area contributed by atoms with Gasteiger partial charge < -0.3 is 10.1 Å². The lowest BCUT2D eigenvalue weighted by Crippen LogP contribution is -2.40. The second-order valence-corrected chi connectivity index (χ2v) is 9.65. The highest BCUT2D eigenvalue weighted by Crippen LogP contribution is 2.22. The van der Waals surface area contributed by atoms with Gasteiger partial charge in [0.2, 0.25) is 15.9 Å². The zero-order valence-corrected chi connectivity index (χ0v) is 17.8. The van der Waals surface area contributed by atoms with E-state index < -0.39 is 10.0 Å². The summed E-state index contributed by atoms with van der Waals surface area (Å²) in [5.74, 6) is 0.0258. The number of ether oxygens (including phenoxy) is 1. The zero-order chi connectivity index (χ0) is 21.0. The Hall–Kier alpha value is -2.46. The molecule has 156 valence electrons. The Morgan fingerprint density at radius 2 is 1.77 bits per heavy atom. The number of nitrogens with zero attached hydrogens (tertiary/aromatic N) is 2. The van der Waals surface area contributed by atoms with E-state index in [1.165, 1.54) is 28.2 Å². The number of hydrogen-bond donors (Lipinski definition) is 1. The van der Waals surface area contributed by atoms with Crippen LogP contribution in [-0.2, 0) is 19.6 Å². The molecule has 9 heteroatoms. The van der Waals surface area contributed by atoms with Gasteiger partial charge in [0.05, 0.1) is 34.4 Å². The van der Waals surface area contributed by atoms with Crippen LogP contribution in [0.4, 0.5) is 5.69 Å². The molecule has 0 aliphatic carbocycles. The van der Waals surface area contributed by atoms with Gasteiger partial charge in [0.1, 0.15) is 0 Å². The number of para-hydroxylation sites is 1. The van der Waals surface area contributed by atoms with E-state index in [0.717, 1.165) is 15.9 Å². The maximum atomic E-state index is 12.6. The maximum Gasteiger partial charge on any atom is 0.243 e. The molecule has 1 amide bonds. The molecule has 1 aliphatic heterocycles. The summed E-state index contributed by atoms with van der Waals surface area (Å²) in [7, 11) is -3.54. The molecule has 0 radical (unpaired) electrons. The molecule has 2 aromatic carbocycles. The van der Waals surface area contributed by atoms with E-state index in [1.807, 2.05) is 36.4 Å². The van der Waals surface area contributed by atoms with Crippen LogP contribution in [0.1, 0.15) is 0 Å². The molecule has 1 N–H and O–H groups in total. The molecule has 3 aromatic rings. The molecule has 1 saturated heterocycles. The lowest BCUT2D eigenvalue weighted by molar-refractivity contribution is -0.113. The van der Waals surface area contributed by atoms with Gasteiger partial charge in [-0.1, -0.05) is 36.0 Å². The van der Waals surface area contributed by atoms with Crippen LogP contribution in [0, 0.1) is 0 Å². The van der Waals surface area contributed by atoms with Gasteiger partial charge >= 0.3 is 0 Å². The van der Waals surface area contributed by atoms with Gasteiger partial charge in [0.25, 0.3) is 0 Å². The molecule has 30 heavy (non-hydrogen) atoms. The van der Waals surface area contributed by atoms with Crippen LogP contribution in [0.25, 0.3) is 10.9 Å². The molecule has 0 spiro atoms. The Bertz CT molecular complexity index is 1140. The van der Waals surface area contributed by atoms with E-state index in [2.05, 4.69) is 10.3 Å². The first-order valence-electron chi connectivity index (χ1n) is 9.49. The third-order valence-electron chi connectivity index (χ3n) is 4.67. The predicted molar refractivity (Wildman–Crippen MR) is 117 cm³/mol. The number of anilines is 1. The number of rotatable bonds is 6. The number of nitrogens with one attached hydrogen (secondary N) is 1. The summed E-state index contributed by atoms with van der Waals surface area (Å²) >= 11 is 1.35. The fraction of sp³-hybridized carbons (Fsp3) is 0.238. The largest absolute Gasteiger partial charge is 0.379 e. The normalized spacial score (nSPS) is 15.2. The third kappa shape index (κ3) is 4.81. The van der Waals surface area contributed by atoms with Crippen LogP contribution in [0.3, 0.4) is 0 Å². The number of hydrogen-bond acceptors (Lipinski definition) is 6. The van der Waals surface area contributed by atoms with E-state index in [0.29, 0.717) is 32.0 Å². The molecule has 1 aliphatic rings. The van der Waals surface area contributed by atoms with Crippen molar-refractivity contribution in [1.82, 2.24) is 9.29 Å². The molecule has 1 fully saturated rings. The first-order valence-corrected chi connectivity index (χ1v) is 11.9. The lowest BCUT2D eigenvalue weighted by atomic mass is 10.2. The van der Waals surface area contributed by atoms with Crippen LogP contribution in [0.15, 0.2) is 70.6 Å². The zero-order valence-electron chi connectivity index (χ0n) is 16.2. The number of carbonyl (C=O) groups excluding carboxylic acids is 1. The van der Waals surface area contributed by atoms with E-state index in [9.17, 15) is 13.2 Å². The minimum atomic E-state index is -3.54. The summed E-state index contributed by atoms with van der Waals surface area (Å²) in [5.41, 5.74) is 1.44. The number of morpholine rings is 1. The van der Waals surface area contributed by atoms with Crippen molar-refractivity contribution in [3.63, 3.8) is 0 Å². The molecule has 2 heterocycles. The van der Waals surface area contributed by atoms with Gasteiger partial charge in [-0.25, -0.2) is 13.4 Å². The van der Waals surface area contributed by atoms with Gasteiger partial charge in [-0.3, -0.25) is 4.79 Å². The number of aromatic nitrogens is 1. The van der Waals surface area contributed by atoms with E-state index in [4.69, 9.17) is 4.74 Å². The minimum Gasteiger partial charge on any atom is -0.379 e. The molecule has 4 rings (SSSR count). The van der Waals surface area contributed by atoms with Crippen molar-refractivity contribution >= 4 is 44.3 Å². The Morgan fingerprint density at radius 3 is 2.53 bits per heavy atom. The van der Waals surface area contributed by atoms with Crippen LogP contribution in [-0.4, -0.2) is 55.7 Å². The quantitative estimate of drug-likeness (QED) is 0.589. The Kier molecular flexibility index (Phi) is 6.33. The highest BCUT2D eigenvalue weighted by atomic mass is 32.2. The smallest absolute Gasteiger partial charge is 0.243 e. The van der Waals surface area contributed by atoms with Gasteiger partial charge in [-0.2, -0.15) is 4.31 Å². The van der Waals surface area contributed by atoms with E-state index in [1.54, 1.807) is 12.1 Å². The number of carbonyl (C=O) groups is 1. The van der Waals surface area contributed by atoms with Crippen molar-refractivity contribution in [2.24, 2.45) is 0 Å². The Morgan fingerprint density at radius 1 is 1.03 bits per heavy atom. The number of thioether (sulfide) groups is 1. The van der Waals surface area contributed by atoms with Crippen LogP contribution < -0.4 is 5.32 Å².